The van der Waals surface area contributed by atoms with Gasteiger partial charge in [0.15, 0.2) is 0 Å². The summed E-state index contributed by atoms with van der Waals surface area (Å²) in [5.74, 6) is 0.982. The Balaban J connectivity index is 1.78. The molecule has 1 fully saturated rings. The van der Waals surface area contributed by atoms with Crippen molar-refractivity contribution in [3.63, 3.8) is 0 Å². The zero-order valence-electron chi connectivity index (χ0n) is 12.5. The van der Waals surface area contributed by atoms with Crippen LogP contribution in [-0.2, 0) is 0 Å². The smallest absolute Gasteiger partial charge is 0.259 e. The molecule has 2 aromatic heterocycles. The highest BCUT2D eigenvalue weighted by Crippen LogP contribution is 2.30. The molecule has 1 atom stereocenters. The molecule has 5 nitrogen and oxygen atoms in total. The molecule has 6 heteroatoms. The molecule has 1 saturated heterocycles. The van der Waals surface area contributed by atoms with Crippen LogP contribution in [0, 0.1) is 20.8 Å². The van der Waals surface area contributed by atoms with Crippen molar-refractivity contribution in [3.05, 3.63) is 33.1 Å². The Bertz CT molecular complexity index is 642. The lowest BCUT2D eigenvalue weighted by Gasteiger charge is -2.31. The molecule has 1 aliphatic rings. The zero-order chi connectivity index (χ0) is 15.0. The van der Waals surface area contributed by atoms with Crippen molar-refractivity contribution < 1.29 is 9.32 Å². The Kier molecular flexibility index (Phi) is 3.80. The Morgan fingerprint density at radius 3 is 2.86 bits per heavy atom. The molecule has 0 aliphatic carbocycles. The van der Waals surface area contributed by atoms with Crippen LogP contribution in [-0.4, -0.2) is 34.0 Å². The normalized spacial score (nSPS) is 19.0. The maximum Gasteiger partial charge on any atom is 0.259 e. The van der Waals surface area contributed by atoms with Gasteiger partial charge in [-0.15, -0.1) is 11.3 Å². The first-order valence-electron chi connectivity index (χ1n) is 7.20. The summed E-state index contributed by atoms with van der Waals surface area (Å²) in [7, 11) is 0. The Labute approximate surface area is 128 Å². The summed E-state index contributed by atoms with van der Waals surface area (Å²) in [6.07, 6.45) is 4.02. The van der Waals surface area contributed by atoms with Gasteiger partial charge < -0.3 is 9.42 Å². The Hall–Kier alpha value is -1.69. The van der Waals surface area contributed by atoms with Crippen LogP contribution in [0.1, 0.15) is 50.5 Å². The lowest BCUT2D eigenvalue weighted by molar-refractivity contribution is 0.0704. The van der Waals surface area contributed by atoms with Crippen LogP contribution >= 0.6 is 11.3 Å². The molecule has 0 saturated carbocycles. The van der Waals surface area contributed by atoms with Crippen molar-refractivity contribution in [2.24, 2.45) is 0 Å². The fraction of sp³-hybridized carbons (Fsp3) is 0.533. The Morgan fingerprint density at radius 1 is 1.43 bits per heavy atom. The summed E-state index contributed by atoms with van der Waals surface area (Å²) in [5, 5.41) is 5.02. The second kappa shape index (κ2) is 5.60. The molecule has 0 N–H and O–H groups in total. The summed E-state index contributed by atoms with van der Waals surface area (Å²) in [4.78, 5) is 20.3. The van der Waals surface area contributed by atoms with Crippen molar-refractivity contribution in [2.45, 2.75) is 39.5 Å². The topological polar surface area (TPSA) is 59.2 Å². The molecule has 112 valence electrons. The van der Waals surface area contributed by atoms with Crippen LogP contribution in [0.4, 0.5) is 0 Å². The summed E-state index contributed by atoms with van der Waals surface area (Å²) in [5.41, 5.74) is 1.29. The van der Waals surface area contributed by atoms with Crippen LogP contribution in [0.25, 0.3) is 0 Å². The van der Waals surface area contributed by atoms with Crippen molar-refractivity contribution in [3.8, 4) is 0 Å². The SMILES string of the molecule is Cc1cnc([C@@H]2CCCN(C(=O)c3c(C)noc3C)C2)s1. The van der Waals surface area contributed by atoms with Crippen LogP contribution in [0.2, 0.25) is 0 Å². The van der Waals surface area contributed by atoms with Gasteiger partial charge in [0.05, 0.1) is 10.7 Å². The molecule has 0 spiro atoms. The second-order valence-corrected chi connectivity index (χ2v) is 6.86. The molecular weight excluding hydrogens is 286 g/mol. The van der Waals surface area contributed by atoms with E-state index < -0.39 is 0 Å². The molecule has 3 rings (SSSR count). The number of carbonyl (C=O) groups excluding carboxylic acids is 1. The first kappa shape index (κ1) is 14.3. The number of thiazole rings is 1. The summed E-state index contributed by atoms with van der Waals surface area (Å²) in [6, 6.07) is 0. The Morgan fingerprint density at radius 2 is 2.24 bits per heavy atom. The number of aryl methyl sites for hydroxylation is 3. The van der Waals surface area contributed by atoms with Crippen LogP contribution in [0.15, 0.2) is 10.7 Å². The van der Waals surface area contributed by atoms with Gasteiger partial charge in [-0.25, -0.2) is 4.98 Å². The molecular formula is C15H19N3O2S. The van der Waals surface area contributed by atoms with Gasteiger partial charge in [-0.1, -0.05) is 5.16 Å². The quantitative estimate of drug-likeness (QED) is 0.855. The predicted molar refractivity (Wildman–Crippen MR) is 80.7 cm³/mol. The fourth-order valence-electron chi connectivity index (χ4n) is 2.87. The highest BCUT2D eigenvalue weighted by Gasteiger charge is 2.29. The van der Waals surface area contributed by atoms with Crippen molar-refractivity contribution >= 4 is 17.2 Å². The van der Waals surface area contributed by atoms with Crippen LogP contribution in [0.3, 0.4) is 0 Å². The average Bonchev–Trinajstić information content (AvgIpc) is 3.05. The van der Waals surface area contributed by atoms with Crippen LogP contribution in [0.5, 0.6) is 0 Å². The largest absolute Gasteiger partial charge is 0.361 e. The minimum atomic E-state index is 0.0317. The molecule has 2 aromatic rings. The molecule has 21 heavy (non-hydrogen) atoms. The van der Waals surface area contributed by atoms with E-state index in [1.54, 1.807) is 18.3 Å². The molecule has 0 unspecified atom stereocenters. The lowest BCUT2D eigenvalue weighted by atomic mass is 9.98. The van der Waals surface area contributed by atoms with Crippen molar-refractivity contribution in [1.82, 2.24) is 15.0 Å². The number of carbonyl (C=O) groups is 1. The molecule has 0 aromatic carbocycles. The van der Waals surface area contributed by atoms with E-state index in [1.807, 2.05) is 18.0 Å². The van der Waals surface area contributed by atoms with Gasteiger partial charge in [0, 0.05) is 30.1 Å². The van der Waals surface area contributed by atoms with Gasteiger partial charge in [0.2, 0.25) is 0 Å². The van der Waals surface area contributed by atoms with E-state index in [9.17, 15) is 4.79 Å². The molecule has 1 amide bonds. The number of hydrogen-bond acceptors (Lipinski definition) is 5. The summed E-state index contributed by atoms with van der Waals surface area (Å²) >= 11 is 1.73. The molecule has 0 radical (unpaired) electrons. The van der Waals surface area contributed by atoms with E-state index in [-0.39, 0.29) is 5.91 Å². The number of likely N-dealkylation sites (tertiary alicyclic amines) is 1. The van der Waals surface area contributed by atoms with Gasteiger partial charge >= 0.3 is 0 Å². The van der Waals surface area contributed by atoms with Gasteiger partial charge in [-0.2, -0.15) is 0 Å². The lowest BCUT2D eigenvalue weighted by Crippen LogP contribution is -2.39. The number of hydrogen-bond donors (Lipinski definition) is 0. The predicted octanol–water partition coefficient (Wildman–Crippen LogP) is 3.08. The summed E-state index contributed by atoms with van der Waals surface area (Å²) in [6.45, 7) is 7.20. The van der Waals surface area contributed by atoms with Crippen molar-refractivity contribution in [2.75, 3.05) is 13.1 Å². The maximum absolute atomic E-state index is 12.7. The third kappa shape index (κ3) is 2.72. The van der Waals surface area contributed by atoms with E-state index in [2.05, 4.69) is 17.1 Å². The van der Waals surface area contributed by atoms with Gasteiger partial charge in [0.1, 0.15) is 11.3 Å². The fourth-order valence-corrected chi connectivity index (χ4v) is 3.77. The first-order valence-corrected chi connectivity index (χ1v) is 8.02. The number of amides is 1. The number of rotatable bonds is 2. The van der Waals surface area contributed by atoms with E-state index in [4.69, 9.17) is 4.52 Å². The number of nitrogens with zero attached hydrogens (tertiary/aromatic N) is 3. The van der Waals surface area contributed by atoms with E-state index in [0.29, 0.717) is 22.9 Å². The van der Waals surface area contributed by atoms with E-state index in [0.717, 1.165) is 30.9 Å². The minimum Gasteiger partial charge on any atom is -0.361 e. The van der Waals surface area contributed by atoms with E-state index in [1.165, 1.54) is 4.88 Å². The van der Waals surface area contributed by atoms with Crippen LogP contribution < -0.4 is 0 Å². The zero-order valence-corrected chi connectivity index (χ0v) is 13.4. The number of piperidine rings is 1. The summed E-state index contributed by atoms with van der Waals surface area (Å²) < 4.78 is 5.11. The highest BCUT2D eigenvalue weighted by molar-refractivity contribution is 7.11. The maximum atomic E-state index is 12.7. The standard InChI is InChI=1S/C15H19N3O2S/c1-9-7-16-14(21-9)12-5-4-6-18(8-12)15(19)13-10(2)17-20-11(13)3/h7,12H,4-6,8H2,1-3H3/t12-/m1/s1. The van der Waals surface area contributed by atoms with E-state index >= 15 is 0 Å². The first-order chi connectivity index (χ1) is 10.1. The minimum absolute atomic E-state index is 0.0317. The van der Waals surface area contributed by atoms with Gasteiger partial charge in [-0.05, 0) is 33.6 Å². The third-order valence-electron chi connectivity index (χ3n) is 3.94. The highest BCUT2D eigenvalue weighted by atomic mass is 32.1. The molecule has 3 heterocycles. The van der Waals surface area contributed by atoms with Gasteiger partial charge in [0.25, 0.3) is 5.91 Å². The average molecular weight is 305 g/mol. The second-order valence-electron chi connectivity index (χ2n) is 5.60. The third-order valence-corrected chi connectivity index (χ3v) is 5.02. The number of aromatic nitrogens is 2. The molecule has 1 aliphatic heterocycles. The van der Waals surface area contributed by atoms with Gasteiger partial charge in [-0.3, -0.25) is 4.79 Å². The van der Waals surface area contributed by atoms with Crippen molar-refractivity contribution in [1.29, 1.82) is 0 Å². The molecule has 0 bridgehead atoms. The monoisotopic (exact) mass is 305 g/mol.